The molecule has 0 amide bonds. The van der Waals surface area contributed by atoms with Crippen molar-refractivity contribution in [3.8, 4) is 12.3 Å². The normalized spacial score (nSPS) is 13.8. The zero-order chi connectivity index (χ0) is 13.0. The van der Waals surface area contributed by atoms with Crippen LogP contribution in [-0.2, 0) is 12.1 Å². The number of benzene rings is 1. The molecule has 0 aliphatic rings. The SMILES string of the molecule is C#CCC(O)(Cn1cncn1)c1ccc(Br)cc1. The van der Waals surface area contributed by atoms with Crippen LogP contribution in [0.4, 0.5) is 0 Å². The minimum absolute atomic E-state index is 0.217. The molecule has 2 aromatic rings. The molecule has 0 saturated heterocycles. The van der Waals surface area contributed by atoms with E-state index in [9.17, 15) is 5.11 Å². The summed E-state index contributed by atoms with van der Waals surface area (Å²) in [5.74, 6) is 2.51. The highest BCUT2D eigenvalue weighted by atomic mass is 79.9. The summed E-state index contributed by atoms with van der Waals surface area (Å²) in [7, 11) is 0. The van der Waals surface area contributed by atoms with E-state index in [4.69, 9.17) is 6.42 Å². The van der Waals surface area contributed by atoms with Crippen LogP contribution in [0.1, 0.15) is 12.0 Å². The van der Waals surface area contributed by atoms with Gasteiger partial charge in [-0.2, -0.15) is 5.10 Å². The fraction of sp³-hybridized carbons (Fsp3) is 0.231. The molecule has 4 nitrogen and oxygen atoms in total. The maximum Gasteiger partial charge on any atom is 0.137 e. The number of terminal acetylenes is 1. The lowest BCUT2D eigenvalue weighted by molar-refractivity contribution is 0.0199. The first-order valence-electron chi connectivity index (χ1n) is 5.38. The van der Waals surface area contributed by atoms with Gasteiger partial charge in [0.15, 0.2) is 0 Å². The van der Waals surface area contributed by atoms with Crippen LogP contribution < -0.4 is 0 Å². The quantitative estimate of drug-likeness (QED) is 0.879. The third-order valence-corrected chi connectivity index (χ3v) is 3.19. The van der Waals surface area contributed by atoms with Crippen molar-refractivity contribution < 1.29 is 5.11 Å². The first kappa shape index (κ1) is 12.8. The Morgan fingerprint density at radius 3 is 2.67 bits per heavy atom. The van der Waals surface area contributed by atoms with Gasteiger partial charge in [0, 0.05) is 10.9 Å². The smallest absolute Gasteiger partial charge is 0.137 e. The molecule has 1 N–H and O–H groups in total. The van der Waals surface area contributed by atoms with Crippen LogP contribution >= 0.6 is 15.9 Å². The lowest BCUT2D eigenvalue weighted by Crippen LogP contribution is -2.31. The highest BCUT2D eigenvalue weighted by Crippen LogP contribution is 2.27. The second-order valence-corrected chi connectivity index (χ2v) is 4.93. The van der Waals surface area contributed by atoms with E-state index in [2.05, 4.69) is 31.9 Å². The van der Waals surface area contributed by atoms with E-state index in [1.54, 1.807) is 11.0 Å². The molecule has 1 aromatic heterocycles. The summed E-state index contributed by atoms with van der Waals surface area (Å²) in [6, 6.07) is 7.44. The molecule has 0 saturated carbocycles. The van der Waals surface area contributed by atoms with Crippen molar-refractivity contribution in [2.75, 3.05) is 0 Å². The first-order chi connectivity index (χ1) is 8.64. The second-order valence-electron chi connectivity index (χ2n) is 4.01. The van der Waals surface area contributed by atoms with Gasteiger partial charge in [-0.15, -0.1) is 12.3 Å². The molecule has 0 radical (unpaired) electrons. The van der Waals surface area contributed by atoms with E-state index in [0.29, 0.717) is 0 Å². The molecule has 1 aromatic carbocycles. The Bertz CT molecular complexity index is 545. The fourth-order valence-electron chi connectivity index (χ4n) is 1.76. The van der Waals surface area contributed by atoms with Gasteiger partial charge in [-0.1, -0.05) is 28.1 Å². The number of aromatic nitrogens is 3. The number of halogens is 1. The summed E-state index contributed by atoms with van der Waals surface area (Å²) >= 11 is 3.36. The highest BCUT2D eigenvalue weighted by molar-refractivity contribution is 9.10. The van der Waals surface area contributed by atoms with Crippen LogP contribution in [0.25, 0.3) is 0 Å². The van der Waals surface area contributed by atoms with E-state index in [-0.39, 0.29) is 13.0 Å². The predicted octanol–water partition coefficient (Wildman–Crippen LogP) is 1.95. The molecule has 0 spiro atoms. The van der Waals surface area contributed by atoms with E-state index < -0.39 is 5.60 Å². The molecule has 0 aliphatic carbocycles. The topological polar surface area (TPSA) is 50.9 Å². The first-order valence-corrected chi connectivity index (χ1v) is 6.18. The standard InChI is InChI=1S/C13H12BrN3O/c1-2-7-13(18,8-17-10-15-9-16-17)11-3-5-12(14)6-4-11/h1,3-6,9-10,18H,7-8H2. The van der Waals surface area contributed by atoms with Gasteiger partial charge in [0.25, 0.3) is 0 Å². The van der Waals surface area contributed by atoms with Crippen molar-refractivity contribution in [2.24, 2.45) is 0 Å². The van der Waals surface area contributed by atoms with Gasteiger partial charge >= 0.3 is 0 Å². The van der Waals surface area contributed by atoms with Crippen LogP contribution in [0, 0.1) is 12.3 Å². The molecule has 0 fully saturated rings. The summed E-state index contributed by atoms with van der Waals surface area (Å²) in [6.45, 7) is 0.277. The van der Waals surface area contributed by atoms with Gasteiger partial charge in [0.05, 0.1) is 6.54 Å². The number of rotatable bonds is 4. The minimum atomic E-state index is -1.14. The number of nitrogens with zero attached hydrogens (tertiary/aromatic N) is 3. The summed E-state index contributed by atoms with van der Waals surface area (Å²) in [5.41, 5.74) is -0.373. The largest absolute Gasteiger partial charge is 0.382 e. The van der Waals surface area contributed by atoms with Crippen molar-refractivity contribution >= 4 is 15.9 Å². The summed E-state index contributed by atoms with van der Waals surface area (Å²) in [4.78, 5) is 3.86. The van der Waals surface area contributed by atoms with Crippen molar-refractivity contribution in [2.45, 2.75) is 18.6 Å². The Labute approximate surface area is 114 Å². The monoisotopic (exact) mass is 305 g/mol. The van der Waals surface area contributed by atoms with Crippen molar-refractivity contribution in [1.82, 2.24) is 14.8 Å². The van der Waals surface area contributed by atoms with Crippen LogP contribution in [0.5, 0.6) is 0 Å². The van der Waals surface area contributed by atoms with E-state index >= 15 is 0 Å². The van der Waals surface area contributed by atoms with Crippen LogP contribution in [0.15, 0.2) is 41.4 Å². The zero-order valence-corrected chi connectivity index (χ0v) is 11.2. The molecular formula is C13H12BrN3O. The number of aliphatic hydroxyl groups is 1. The Morgan fingerprint density at radius 1 is 1.39 bits per heavy atom. The van der Waals surface area contributed by atoms with Gasteiger partial charge in [-0.05, 0) is 17.7 Å². The fourth-order valence-corrected chi connectivity index (χ4v) is 2.02. The minimum Gasteiger partial charge on any atom is -0.382 e. The van der Waals surface area contributed by atoms with E-state index in [0.717, 1.165) is 10.0 Å². The van der Waals surface area contributed by atoms with E-state index in [1.165, 1.54) is 6.33 Å². The van der Waals surface area contributed by atoms with Crippen molar-refractivity contribution in [3.05, 3.63) is 47.0 Å². The van der Waals surface area contributed by atoms with Crippen LogP contribution in [0.2, 0.25) is 0 Å². The molecule has 0 aliphatic heterocycles. The van der Waals surface area contributed by atoms with E-state index in [1.807, 2.05) is 24.3 Å². The molecule has 1 unspecified atom stereocenters. The highest BCUT2D eigenvalue weighted by Gasteiger charge is 2.29. The lowest BCUT2D eigenvalue weighted by Gasteiger charge is -2.26. The predicted molar refractivity (Wildman–Crippen MR) is 71.5 cm³/mol. The molecule has 1 atom stereocenters. The van der Waals surface area contributed by atoms with Crippen molar-refractivity contribution in [3.63, 3.8) is 0 Å². The molecule has 92 valence electrons. The molecule has 2 rings (SSSR count). The average Bonchev–Trinajstić information content (AvgIpc) is 2.82. The lowest BCUT2D eigenvalue weighted by atomic mass is 9.91. The third-order valence-electron chi connectivity index (χ3n) is 2.67. The Kier molecular flexibility index (Phi) is 3.80. The molecule has 1 heterocycles. The molecule has 5 heteroatoms. The molecule has 0 bridgehead atoms. The maximum absolute atomic E-state index is 10.7. The third kappa shape index (κ3) is 2.78. The van der Waals surface area contributed by atoms with Gasteiger partial charge in [0.2, 0.25) is 0 Å². The summed E-state index contributed by atoms with van der Waals surface area (Å²) in [5, 5.41) is 14.7. The van der Waals surface area contributed by atoms with Crippen molar-refractivity contribution in [1.29, 1.82) is 0 Å². The maximum atomic E-state index is 10.7. The molecule has 18 heavy (non-hydrogen) atoms. The van der Waals surface area contributed by atoms with Gasteiger partial charge in [0.1, 0.15) is 18.3 Å². The average molecular weight is 306 g/mol. The summed E-state index contributed by atoms with van der Waals surface area (Å²) in [6.07, 6.45) is 8.55. The Hall–Kier alpha value is -1.64. The van der Waals surface area contributed by atoms with Gasteiger partial charge in [-0.25, -0.2) is 9.67 Å². The van der Waals surface area contributed by atoms with Crippen LogP contribution in [0.3, 0.4) is 0 Å². The second kappa shape index (κ2) is 5.34. The van der Waals surface area contributed by atoms with Crippen LogP contribution in [-0.4, -0.2) is 19.9 Å². The van der Waals surface area contributed by atoms with Gasteiger partial charge in [-0.3, -0.25) is 0 Å². The molecular weight excluding hydrogens is 294 g/mol. The Balaban J connectivity index is 2.31. The number of hydrogen-bond donors (Lipinski definition) is 1. The Morgan fingerprint density at radius 2 is 2.11 bits per heavy atom. The zero-order valence-electron chi connectivity index (χ0n) is 9.62. The summed E-state index contributed by atoms with van der Waals surface area (Å²) < 4.78 is 2.52. The number of hydrogen-bond acceptors (Lipinski definition) is 3. The van der Waals surface area contributed by atoms with Gasteiger partial charge < -0.3 is 5.11 Å².